The second-order valence-electron chi connectivity index (χ2n) is 6.38. The topological polar surface area (TPSA) is 47.9 Å². The molecule has 3 heterocycles. The summed E-state index contributed by atoms with van der Waals surface area (Å²) in [4.78, 5) is 19.2. The van der Waals surface area contributed by atoms with Crippen LogP contribution in [0.25, 0.3) is 11.3 Å². The average Bonchev–Trinajstić information content (AvgIpc) is 3.43. The number of nitrogens with zero attached hydrogens (tertiary/aromatic N) is 1. The number of hydrogen-bond donors (Lipinski definition) is 0. The second-order valence-corrected chi connectivity index (χ2v) is 8.21. The first-order chi connectivity index (χ1) is 14.2. The van der Waals surface area contributed by atoms with Gasteiger partial charge in [0.25, 0.3) is 0 Å². The van der Waals surface area contributed by atoms with E-state index in [4.69, 9.17) is 9.47 Å². The molecule has 0 atom stereocenters. The van der Waals surface area contributed by atoms with Gasteiger partial charge >= 0.3 is 5.97 Å². The standard InChI is InChI=1S/C23H15NO3S2/c1-28-15-10-8-14(9-11-15)19-13-17(16-5-2-3-6-18(16)26-19)21-23(25)27-22(24-21)20-7-4-12-29-20/h2-13H,1H3/b21-17-. The van der Waals surface area contributed by atoms with Gasteiger partial charge in [0.15, 0.2) is 5.70 Å². The van der Waals surface area contributed by atoms with Crippen LogP contribution < -0.4 is 4.74 Å². The maximum Gasteiger partial charge on any atom is 0.364 e. The molecule has 6 heteroatoms. The lowest BCUT2D eigenvalue weighted by Gasteiger charge is -2.20. The minimum absolute atomic E-state index is 0.294. The van der Waals surface area contributed by atoms with E-state index < -0.39 is 5.97 Å². The largest absolute Gasteiger partial charge is 0.456 e. The van der Waals surface area contributed by atoms with Crippen molar-refractivity contribution in [2.24, 2.45) is 4.99 Å². The summed E-state index contributed by atoms with van der Waals surface area (Å²) in [6.07, 6.45) is 3.91. The molecule has 0 saturated carbocycles. The highest BCUT2D eigenvalue weighted by molar-refractivity contribution is 7.98. The number of para-hydroxylation sites is 1. The number of carbonyl (C=O) groups is 1. The molecule has 0 saturated heterocycles. The Labute approximate surface area is 176 Å². The second kappa shape index (κ2) is 7.39. The Morgan fingerprint density at radius 1 is 0.966 bits per heavy atom. The van der Waals surface area contributed by atoms with E-state index in [-0.39, 0.29) is 0 Å². The van der Waals surface area contributed by atoms with Gasteiger partial charge < -0.3 is 9.47 Å². The number of esters is 1. The Balaban J connectivity index is 1.66. The van der Waals surface area contributed by atoms with E-state index in [1.165, 1.54) is 16.2 Å². The first-order valence-corrected chi connectivity index (χ1v) is 11.1. The molecule has 0 amide bonds. The molecule has 29 heavy (non-hydrogen) atoms. The number of hydrogen-bond acceptors (Lipinski definition) is 6. The number of carbonyl (C=O) groups excluding carboxylic acids is 1. The number of cyclic esters (lactones) is 1. The number of ether oxygens (including phenoxy) is 2. The first-order valence-electron chi connectivity index (χ1n) is 8.95. The van der Waals surface area contributed by atoms with Crippen molar-refractivity contribution in [3.63, 3.8) is 0 Å². The van der Waals surface area contributed by atoms with Crippen LogP contribution in [0, 0.1) is 0 Å². The van der Waals surface area contributed by atoms with Crippen LogP contribution in [0.15, 0.2) is 87.7 Å². The summed E-state index contributed by atoms with van der Waals surface area (Å²) in [7, 11) is 0. The molecule has 3 aromatic rings. The summed E-state index contributed by atoms with van der Waals surface area (Å²) in [5, 5.41) is 1.93. The van der Waals surface area contributed by atoms with E-state index in [2.05, 4.69) is 17.1 Å². The lowest BCUT2D eigenvalue weighted by Crippen LogP contribution is -2.08. The first kappa shape index (κ1) is 18.0. The van der Waals surface area contributed by atoms with Crippen LogP contribution in [0.5, 0.6) is 5.75 Å². The normalized spacial score (nSPS) is 17.9. The number of thiophene rings is 1. The molecular formula is C23H15NO3S2. The molecule has 0 aliphatic carbocycles. The van der Waals surface area contributed by atoms with Crippen molar-refractivity contribution < 1.29 is 14.3 Å². The third kappa shape index (κ3) is 3.30. The van der Waals surface area contributed by atoms with E-state index in [1.54, 1.807) is 11.8 Å². The van der Waals surface area contributed by atoms with Gasteiger partial charge in [0, 0.05) is 21.6 Å². The number of allylic oxidation sites excluding steroid dienone is 2. The Kier molecular flexibility index (Phi) is 4.58. The Hall–Kier alpha value is -3.09. The Morgan fingerprint density at radius 2 is 1.79 bits per heavy atom. The van der Waals surface area contributed by atoms with Crippen LogP contribution >= 0.6 is 23.1 Å². The molecule has 0 N–H and O–H groups in total. The predicted octanol–water partition coefficient (Wildman–Crippen LogP) is 5.62. The minimum Gasteiger partial charge on any atom is -0.456 e. The van der Waals surface area contributed by atoms with Crippen molar-refractivity contribution >= 4 is 46.3 Å². The van der Waals surface area contributed by atoms with Gasteiger partial charge in [-0.25, -0.2) is 9.79 Å². The number of thioether (sulfide) groups is 1. The van der Waals surface area contributed by atoms with Crippen molar-refractivity contribution in [3.05, 3.63) is 93.8 Å². The molecule has 142 valence electrons. The summed E-state index contributed by atoms with van der Waals surface area (Å²) in [5.41, 5.74) is 2.75. The zero-order valence-corrected chi connectivity index (χ0v) is 17.0. The molecule has 2 aliphatic heterocycles. The van der Waals surface area contributed by atoms with Gasteiger partial charge in [-0.1, -0.05) is 36.4 Å². The average molecular weight is 418 g/mol. The molecule has 1 aromatic heterocycles. The van der Waals surface area contributed by atoms with Gasteiger partial charge in [0.1, 0.15) is 11.5 Å². The molecular weight excluding hydrogens is 402 g/mol. The highest BCUT2D eigenvalue weighted by atomic mass is 32.2. The highest BCUT2D eigenvalue weighted by Crippen LogP contribution is 2.40. The van der Waals surface area contributed by atoms with E-state index in [9.17, 15) is 4.79 Å². The van der Waals surface area contributed by atoms with Crippen molar-refractivity contribution in [1.29, 1.82) is 0 Å². The summed E-state index contributed by atoms with van der Waals surface area (Å²) in [6.45, 7) is 0. The fourth-order valence-corrected chi connectivity index (χ4v) is 4.27. The molecule has 0 spiro atoms. The Bertz CT molecular complexity index is 1190. The third-order valence-corrected chi connectivity index (χ3v) is 6.23. The minimum atomic E-state index is -0.451. The molecule has 0 radical (unpaired) electrons. The fourth-order valence-electron chi connectivity index (χ4n) is 3.21. The van der Waals surface area contributed by atoms with Crippen molar-refractivity contribution in [2.75, 3.05) is 6.26 Å². The predicted molar refractivity (Wildman–Crippen MR) is 117 cm³/mol. The third-order valence-electron chi connectivity index (χ3n) is 4.63. The number of fused-ring (bicyclic) bond motifs is 1. The smallest absolute Gasteiger partial charge is 0.364 e. The van der Waals surface area contributed by atoms with Crippen LogP contribution in [0.3, 0.4) is 0 Å². The molecule has 2 aromatic carbocycles. The molecule has 0 fully saturated rings. The van der Waals surface area contributed by atoms with Crippen molar-refractivity contribution in [2.45, 2.75) is 4.90 Å². The van der Waals surface area contributed by atoms with E-state index in [1.807, 2.05) is 66.2 Å². The summed E-state index contributed by atoms with van der Waals surface area (Å²) >= 11 is 3.17. The highest BCUT2D eigenvalue weighted by Gasteiger charge is 2.30. The van der Waals surface area contributed by atoms with E-state index >= 15 is 0 Å². The van der Waals surface area contributed by atoms with Gasteiger partial charge in [0.05, 0.1) is 4.88 Å². The lowest BCUT2D eigenvalue weighted by molar-refractivity contribution is -0.129. The monoisotopic (exact) mass is 417 g/mol. The van der Waals surface area contributed by atoms with E-state index in [0.29, 0.717) is 28.7 Å². The van der Waals surface area contributed by atoms with Gasteiger partial charge in [-0.2, -0.15) is 0 Å². The van der Waals surface area contributed by atoms with Gasteiger partial charge in [-0.05, 0) is 42.0 Å². The fraction of sp³-hybridized carbons (Fsp3) is 0.0435. The number of aliphatic imine (C=N–C) groups is 1. The summed E-state index contributed by atoms with van der Waals surface area (Å²) < 4.78 is 11.6. The van der Waals surface area contributed by atoms with E-state index in [0.717, 1.165) is 16.0 Å². The molecule has 4 nitrogen and oxygen atoms in total. The SMILES string of the molecule is CSc1ccc(C2=C/C(=C3/N=C(c4cccs4)OC3=O)c3ccccc3O2)cc1. The zero-order chi connectivity index (χ0) is 19.8. The van der Waals surface area contributed by atoms with Crippen LogP contribution in [-0.2, 0) is 9.53 Å². The number of benzene rings is 2. The van der Waals surface area contributed by atoms with Crippen LogP contribution in [0.4, 0.5) is 0 Å². The molecule has 0 unspecified atom stereocenters. The van der Waals surface area contributed by atoms with Gasteiger partial charge in [-0.15, -0.1) is 23.1 Å². The van der Waals surface area contributed by atoms with Crippen LogP contribution in [-0.4, -0.2) is 18.1 Å². The Morgan fingerprint density at radius 3 is 2.55 bits per heavy atom. The molecule has 0 bridgehead atoms. The van der Waals surface area contributed by atoms with Gasteiger partial charge in [0.2, 0.25) is 5.90 Å². The van der Waals surface area contributed by atoms with Crippen molar-refractivity contribution in [3.8, 4) is 5.75 Å². The zero-order valence-electron chi connectivity index (χ0n) is 15.4. The van der Waals surface area contributed by atoms with Crippen LogP contribution in [0.2, 0.25) is 0 Å². The van der Waals surface area contributed by atoms with Crippen molar-refractivity contribution in [1.82, 2.24) is 0 Å². The molecule has 2 aliphatic rings. The van der Waals surface area contributed by atoms with Crippen LogP contribution in [0.1, 0.15) is 16.0 Å². The summed E-state index contributed by atoms with van der Waals surface area (Å²) in [6, 6.07) is 19.6. The maximum absolute atomic E-state index is 12.7. The number of rotatable bonds is 3. The summed E-state index contributed by atoms with van der Waals surface area (Å²) in [5.74, 6) is 1.25. The maximum atomic E-state index is 12.7. The molecule has 5 rings (SSSR count). The quantitative estimate of drug-likeness (QED) is 0.315. The lowest BCUT2D eigenvalue weighted by atomic mass is 9.98. The van der Waals surface area contributed by atoms with Gasteiger partial charge in [-0.3, -0.25) is 0 Å².